The summed E-state index contributed by atoms with van der Waals surface area (Å²) in [6.45, 7) is 4.67. The molecule has 5 nitrogen and oxygen atoms in total. The third kappa shape index (κ3) is 4.69. The van der Waals surface area contributed by atoms with E-state index in [0.717, 1.165) is 16.3 Å². The monoisotopic (exact) mass is 334 g/mol. The van der Waals surface area contributed by atoms with Crippen molar-refractivity contribution in [3.05, 3.63) is 39.8 Å². The lowest BCUT2D eigenvalue weighted by atomic mass is 10.1. The van der Waals surface area contributed by atoms with Crippen molar-refractivity contribution < 1.29 is 14.3 Å². The highest BCUT2D eigenvalue weighted by Gasteiger charge is 2.10. The molecular formula is C17H22N2O3S. The van der Waals surface area contributed by atoms with E-state index in [-0.39, 0.29) is 5.91 Å². The molecule has 0 saturated heterocycles. The van der Waals surface area contributed by atoms with E-state index in [1.165, 1.54) is 0 Å². The van der Waals surface area contributed by atoms with Gasteiger partial charge in [0.2, 0.25) is 5.91 Å². The van der Waals surface area contributed by atoms with Crippen molar-refractivity contribution in [3.8, 4) is 11.5 Å². The standard InChI is InChI=1S/C17H22N2O3S/c1-11(2)17-19-13(10-23-17)9-18-16(20)8-12-5-6-14(21-3)15(7-12)22-4/h5-7,10-11H,8-9H2,1-4H3,(H,18,20). The number of methoxy groups -OCH3 is 2. The number of aromatic nitrogens is 1. The number of carbonyl (C=O) groups is 1. The summed E-state index contributed by atoms with van der Waals surface area (Å²) in [5.74, 6) is 1.65. The molecule has 0 aliphatic carbocycles. The van der Waals surface area contributed by atoms with Gasteiger partial charge in [-0.1, -0.05) is 19.9 Å². The summed E-state index contributed by atoms with van der Waals surface area (Å²) >= 11 is 1.63. The van der Waals surface area contributed by atoms with E-state index in [1.807, 2.05) is 17.5 Å². The Hall–Kier alpha value is -2.08. The fraction of sp³-hybridized carbons (Fsp3) is 0.412. The fourth-order valence-corrected chi connectivity index (χ4v) is 2.93. The lowest BCUT2D eigenvalue weighted by Crippen LogP contribution is -2.24. The SMILES string of the molecule is COc1ccc(CC(=O)NCc2csc(C(C)C)n2)cc1OC. The number of hydrogen-bond donors (Lipinski definition) is 1. The lowest BCUT2D eigenvalue weighted by molar-refractivity contribution is -0.120. The molecule has 0 spiro atoms. The first-order chi connectivity index (χ1) is 11.0. The van der Waals surface area contributed by atoms with Gasteiger partial charge in [0.25, 0.3) is 0 Å². The number of carbonyl (C=O) groups excluding carboxylic acids is 1. The maximum atomic E-state index is 12.1. The van der Waals surface area contributed by atoms with Crippen LogP contribution in [0, 0.1) is 0 Å². The molecule has 0 unspecified atom stereocenters. The molecule has 0 saturated carbocycles. The highest BCUT2D eigenvalue weighted by Crippen LogP contribution is 2.27. The maximum absolute atomic E-state index is 12.1. The zero-order chi connectivity index (χ0) is 16.8. The van der Waals surface area contributed by atoms with Crippen molar-refractivity contribution in [1.29, 1.82) is 0 Å². The number of rotatable bonds is 7. The second kappa shape index (κ2) is 7.97. The summed E-state index contributed by atoms with van der Waals surface area (Å²) in [6, 6.07) is 5.48. The second-order valence-corrected chi connectivity index (χ2v) is 6.36. The molecule has 23 heavy (non-hydrogen) atoms. The lowest BCUT2D eigenvalue weighted by Gasteiger charge is -2.09. The van der Waals surface area contributed by atoms with Crippen molar-refractivity contribution in [1.82, 2.24) is 10.3 Å². The highest BCUT2D eigenvalue weighted by atomic mass is 32.1. The molecular weight excluding hydrogens is 312 g/mol. The van der Waals surface area contributed by atoms with Crippen LogP contribution in [0.4, 0.5) is 0 Å². The smallest absolute Gasteiger partial charge is 0.224 e. The Morgan fingerprint density at radius 1 is 1.26 bits per heavy atom. The van der Waals surface area contributed by atoms with E-state index in [1.54, 1.807) is 31.6 Å². The largest absolute Gasteiger partial charge is 0.493 e. The predicted molar refractivity (Wildman–Crippen MR) is 91.3 cm³/mol. The van der Waals surface area contributed by atoms with E-state index < -0.39 is 0 Å². The van der Waals surface area contributed by atoms with E-state index in [4.69, 9.17) is 9.47 Å². The molecule has 2 rings (SSSR count). The van der Waals surface area contributed by atoms with Crippen molar-refractivity contribution in [2.75, 3.05) is 14.2 Å². The van der Waals surface area contributed by atoms with Gasteiger partial charge in [-0.25, -0.2) is 4.98 Å². The second-order valence-electron chi connectivity index (χ2n) is 5.47. The van der Waals surface area contributed by atoms with Gasteiger partial charge in [-0.15, -0.1) is 11.3 Å². The maximum Gasteiger partial charge on any atom is 0.224 e. The molecule has 0 fully saturated rings. The normalized spacial score (nSPS) is 10.7. The first-order valence-electron chi connectivity index (χ1n) is 7.45. The average molecular weight is 334 g/mol. The molecule has 1 aromatic carbocycles. The Labute approximate surface area is 140 Å². The number of nitrogens with one attached hydrogen (secondary N) is 1. The molecule has 1 heterocycles. The van der Waals surface area contributed by atoms with Crippen LogP contribution >= 0.6 is 11.3 Å². The third-order valence-electron chi connectivity index (χ3n) is 3.34. The van der Waals surface area contributed by atoms with Crippen molar-refractivity contribution in [2.45, 2.75) is 32.7 Å². The summed E-state index contributed by atoms with van der Waals surface area (Å²) < 4.78 is 10.4. The minimum Gasteiger partial charge on any atom is -0.493 e. The van der Waals surface area contributed by atoms with Gasteiger partial charge in [0.05, 0.1) is 37.9 Å². The summed E-state index contributed by atoms with van der Waals surface area (Å²) in [7, 11) is 3.17. The van der Waals surface area contributed by atoms with Crippen molar-refractivity contribution >= 4 is 17.2 Å². The molecule has 0 aliphatic heterocycles. The van der Waals surface area contributed by atoms with E-state index in [0.29, 0.717) is 30.4 Å². The van der Waals surface area contributed by atoms with Crippen LogP contribution in [0.2, 0.25) is 0 Å². The van der Waals surface area contributed by atoms with Gasteiger partial charge in [0.1, 0.15) is 0 Å². The summed E-state index contributed by atoms with van der Waals surface area (Å²) in [6.07, 6.45) is 0.293. The van der Waals surface area contributed by atoms with Crippen molar-refractivity contribution in [2.24, 2.45) is 0 Å². The van der Waals surface area contributed by atoms with Crippen LogP contribution in [0.5, 0.6) is 11.5 Å². The molecule has 0 bridgehead atoms. The number of nitrogens with zero attached hydrogens (tertiary/aromatic N) is 1. The van der Waals surface area contributed by atoms with Gasteiger partial charge in [0, 0.05) is 11.3 Å². The van der Waals surface area contributed by atoms with Crippen LogP contribution in [0.1, 0.15) is 36.0 Å². The molecule has 1 aromatic heterocycles. The Morgan fingerprint density at radius 2 is 2.00 bits per heavy atom. The summed E-state index contributed by atoms with van der Waals surface area (Å²) in [5, 5.41) is 5.98. The Bertz CT molecular complexity index is 668. The van der Waals surface area contributed by atoms with Crippen molar-refractivity contribution in [3.63, 3.8) is 0 Å². The Balaban J connectivity index is 1.91. The minimum atomic E-state index is -0.0451. The van der Waals surface area contributed by atoms with Gasteiger partial charge < -0.3 is 14.8 Å². The molecule has 124 valence electrons. The van der Waals surface area contributed by atoms with E-state index >= 15 is 0 Å². The molecule has 1 N–H and O–H groups in total. The zero-order valence-electron chi connectivity index (χ0n) is 13.9. The number of hydrogen-bond acceptors (Lipinski definition) is 5. The van der Waals surface area contributed by atoms with Crippen LogP contribution in [0.15, 0.2) is 23.6 Å². The first kappa shape index (κ1) is 17.3. The molecule has 0 atom stereocenters. The molecule has 0 aliphatic rings. The van der Waals surface area contributed by atoms with Gasteiger partial charge in [-0.2, -0.15) is 0 Å². The van der Waals surface area contributed by atoms with Gasteiger partial charge >= 0.3 is 0 Å². The van der Waals surface area contributed by atoms with Crippen LogP contribution in [-0.4, -0.2) is 25.1 Å². The molecule has 0 radical (unpaired) electrons. The van der Waals surface area contributed by atoms with Gasteiger partial charge in [-0.3, -0.25) is 4.79 Å². The Morgan fingerprint density at radius 3 is 2.61 bits per heavy atom. The minimum absolute atomic E-state index is 0.0451. The van der Waals surface area contributed by atoms with E-state index in [9.17, 15) is 4.79 Å². The number of ether oxygens (including phenoxy) is 2. The first-order valence-corrected chi connectivity index (χ1v) is 8.33. The molecule has 1 amide bonds. The molecule has 6 heteroatoms. The number of amides is 1. The predicted octanol–water partition coefficient (Wildman–Crippen LogP) is 3.14. The fourth-order valence-electron chi connectivity index (χ4n) is 2.10. The quantitative estimate of drug-likeness (QED) is 0.845. The highest BCUT2D eigenvalue weighted by molar-refractivity contribution is 7.09. The zero-order valence-corrected chi connectivity index (χ0v) is 14.7. The Kier molecular flexibility index (Phi) is 5.98. The third-order valence-corrected chi connectivity index (χ3v) is 4.54. The number of benzene rings is 1. The van der Waals surface area contributed by atoms with Gasteiger partial charge in [0.15, 0.2) is 11.5 Å². The van der Waals surface area contributed by atoms with Crippen LogP contribution in [-0.2, 0) is 17.8 Å². The summed E-state index contributed by atoms with van der Waals surface area (Å²) in [4.78, 5) is 16.6. The number of thiazole rings is 1. The van der Waals surface area contributed by atoms with E-state index in [2.05, 4.69) is 24.1 Å². The topological polar surface area (TPSA) is 60.5 Å². The van der Waals surface area contributed by atoms with Crippen LogP contribution < -0.4 is 14.8 Å². The van der Waals surface area contributed by atoms with Crippen LogP contribution in [0.3, 0.4) is 0 Å². The summed E-state index contributed by atoms with van der Waals surface area (Å²) in [5.41, 5.74) is 1.78. The van der Waals surface area contributed by atoms with Gasteiger partial charge in [-0.05, 0) is 17.7 Å². The molecule has 2 aromatic rings. The van der Waals surface area contributed by atoms with Crippen LogP contribution in [0.25, 0.3) is 0 Å². The average Bonchev–Trinajstić information content (AvgIpc) is 3.02.